The third-order valence-electron chi connectivity index (χ3n) is 3.94. The third-order valence-corrected chi connectivity index (χ3v) is 3.94. The fourth-order valence-corrected chi connectivity index (χ4v) is 2.68. The first-order valence-corrected chi connectivity index (χ1v) is 7.60. The summed E-state index contributed by atoms with van der Waals surface area (Å²) in [7, 11) is 2.49. The summed E-state index contributed by atoms with van der Waals surface area (Å²) in [5.74, 6) is -1.49. The minimum atomic E-state index is -0.625. The Labute approximate surface area is 145 Å². The first-order chi connectivity index (χ1) is 11.8. The highest BCUT2D eigenvalue weighted by Gasteiger charge is 2.18. The Morgan fingerprint density at radius 1 is 0.800 bits per heavy atom. The minimum absolute atomic E-state index is 0.0844. The lowest BCUT2D eigenvalue weighted by Gasteiger charge is -2.12. The molecule has 0 unspecified atom stereocenters. The maximum absolute atomic E-state index is 11.8. The molecule has 0 aliphatic carbocycles. The quantitative estimate of drug-likeness (QED) is 0.829. The van der Waals surface area contributed by atoms with E-state index in [0.717, 1.165) is 11.1 Å². The van der Waals surface area contributed by atoms with Crippen molar-refractivity contribution in [1.82, 2.24) is 0 Å². The van der Waals surface area contributed by atoms with Gasteiger partial charge in [0.05, 0.1) is 14.2 Å². The lowest BCUT2D eigenvalue weighted by molar-refractivity contribution is 0.0588. The van der Waals surface area contributed by atoms with Crippen LogP contribution in [0.25, 0.3) is 0 Å². The number of rotatable bonds is 4. The predicted molar refractivity (Wildman–Crippen MR) is 91.2 cm³/mol. The number of hydrogen-bond donors (Lipinski definition) is 2. The van der Waals surface area contributed by atoms with Crippen LogP contribution in [0.1, 0.15) is 43.0 Å². The average Bonchev–Trinajstić information content (AvgIpc) is 2.59. The summed E-state index contributed by atoms with van der Waals surface area (Å²) in [6.07, 6.45) is 0.399. The van der Waals surface area contributed by atoms with Gasteiger partial charge in [0.1, 0.15) is 22.6 Å². The smallest absolute Gasteiger partial charge is 0.341 e. The standard InChI is InChI=1S/C19H20O6/c1-10-5-12(8-14(16(10)20)18(22)24-3)7-13-6-11(2)17(21)15(9-13)19(23)25-4/h5-6,8-9,20-21H,7H2,1-4H3. The lowest BCUT2D eigenvalue weighted by atomic mass is 9.96. The second-order valence-electron chi connectivity index (χ2n) is 5.78. The van der Waals surface area contributed by atoms with Gasteiger partial charge >= 0.3 is 11.9 Å². The molecule has 0 aliphatic rings. The van der Waals surface area contributed by atoms with Crippen LogP contribution in [0.5, 0.6) is 11.5 Å². The zero-order valence-corrected chi connectivity index (χ0v) is 14.5. The van der Waals surface area contributed by atoms with E-state index in [1.807, 2.05) is 0 Å². The molecule has 0 spiro atoms. The molecular formula is C19H20O6. The number of phenolic OH excluding ortho intramolecular Hbond substituents is 2. The van der Waals surface area contributed by atoms with Gasteiger partial charge < -0.3 is 19.7 Å². The zero-order valence-electron chi connectivity index (χ0n) is 14.5. The highest BCUT2D eigenvalue weighted by Crippen LogP contribution is 2.29. The molecule has 25 heavy (non-hydrogen) atoms. The molecule has 0 aromatic heterocycles. The summed E-state index contributed by atoms with van der Waals surface area (Å²) in [4.78, 5) is 23.6. The topological polar surface area (TPSA) is 93.1 Å². The SMILES string of the molecule is COC(=O)c1cc(Cc2cc(C)c(O)c(C(=O)OC)c2)cc(C)c1O. The van der Waals surface area contributed by atoms with Crippen LogP contribution in [-0.2, 0) is 15.9 Å². The predicted octanol–water partition coefficient (Wildman–Crippen LogP) is 2.88. The number of hydrogen-bond acceptors (Lipinski definition) is 6. The highest BCUT2D eigenvalue weighted by molar-refractivity contribution is 5.94. The van der Waals surface area contributed by atoms with Crippen LogP contribution < -0.4 is 0 Å². The molecule has 2 aromatic rings. The van der Waals surface area contributed by atoms with Crippen molar-refractivity contribution in [3.63, 3.8) is 0 Å². The maximum atomic E-state index is 11.8. The van der Waals surface area contributed by atoms with Crippen LogP contribution in [-0.4, -0.2) is 36.4 Å². The van der Waals surface area contributed by atoms with E-state index < -0.39 is 11.9 Å². The Balaban J connectivity index is 2.47. The normalized spacial score (nSPS) is 10.4. The van der Waals surface area contributed by atoms with E-state index in [1.165, 1.54) is 14.2 Å². The number of carbonyl (C=O) groups excluding carboxylic acids is 2. The fraction of sp³-hybridized carbons (Fsp3) is 0.263. The second-order valence-corrected chi connectivity index (χ2v) is 5.78. The maximum Gasteiger partial charge on any atom is 0.341 e. The minimum Gasteiger partial charge on any atom is -0.507 e. The van der Waals surface area contributed by atoms with E-state index in [-0.39, 0.29) is 22.6 Å². The van der Waals surface area contributed by atoms with Gasteiger partial charge in [-0.15, -0.1) is 0 Å². The molecule has 2 aromatic carbocycles. The van der Waals surface area contributed by atoms with Crippen LogP contribution in [0.2, 0.25) is 0 Å². The van der Waals surface area contributed by atoms with Crippen molar-refractivity contribution in [2.45, 2.75) is 20.3 Å². The molecule has 6 nitrogen and oxygen atoms in total. The molecule has 0 atom stereocenters. The van der Waals surface area contributed by atoms with Gasteiger partial charge in [0.2, 0.25) is 0 Å². The molecule has 0 fully saturated rings. The number of phenols is 2. The molecule has 2 N–H and O–H groups in total. The van der Waals surface area contributed by atoms with Crippen LogP contribution in [0.3, 0.4) is 0 Å². The first-order valence-electron chi connectivity index (χ1n) is 7.60. The number of aryl methyl sites for hydroxylation is 2. The van der Waals surface area contributed by atoms with Gasteiger partial charge in [0, 0.05) is 0 Å². The Morgan fingerprint density at radius 2 is 1.16 bits per heavy atom. The summed E-state index contributed by atoms with van der Waals surface area (Å²) in [6.45, 7) is 3.38. The molecule has 0 bridgehead atoms. The van der Waals surface area contributed by atoms with Gasteiger partial charge in [-0.3, -0.25) is 0 Å². The molecule has 0 saturated heterocycles. The molecule has 0 saturated carbocycles. The summed E-state index contributed by atoms with van der Waals surface area (Å²) in [6, 6.07) is 6.60. The Morgan fingerprint density at radius 3 is 1.48 bits per heavy atom. The molecule has 0 aliphatic heterocycles. The average molecular weight is 344 g/mol. The Bertz CT molecular complexity index is 769. The second kappa shape index (κ2) is 7.25. The van der Waals surface area contributed by atoms with Crippen molar-refractivity contribution in [3.8, 4) is 11.5 Å². The summed E-state index contributed by atoms with van der Waals surface area (Å²) in [5.41, 5.74) is 2.78. The van der Waals surface area contributed by atoms with E-state index in [4.69, 9.17) is 0 Å². The summed E-state index contributed by atoms with van der Waals surface area (Å²) in [5, 5.41) is 20.0. The Kier molecular flexibility index (Phi) is 5.32. The van der Waals surface area contributed by atoms with Gasteiger partial charge in [-0.05, 0) is 54.7 Å². The van der Waals surface area contributed by atoms with Crippen LogP contribution >= 0.6 is 0 Å². The first kappa shape index (κ1) is 18.3. The molecule has 0 radical (unpaired) electrons. The van der Waals surface area contributed by atoms with E-state index in [2.05, 4.69) is 9.47 Å². The van der Waals surface area contributed by atoms with Gasteiger partial charge in [-0.1, -0.05) is 12.1 Å². The summed E-state index contributed by atoms with van der Waals surface area (Å²) < 4.78 is 9.37. The number of esters is 2. The van der Waals surface area contributed by atoms with Crippen molar-refractivity contribution in [2.24, 2.45) is 0 Å². The fourth-order valence-electron chi connectivity index (χ4n) is 2.68. The molecule has 0 heterocycles. The molecule has 6 heteroatoms. The highest BCUT2D eigenvalue weighted by atomic mass is 16.5. The van der Waals surface area contributed by atoms with Crippen LogP contribution in [0.4, 0.5) is 0 Å². The van der Waals surface area contributed by atoms with E-state index >= 15 is 0 Å². The number of methoxy groups -OCH3 is 2. The van der Waals surface area contributed by atoms with Gasteiger partial charge in [-0.25, -0.2) is 9.59 Å². The molecular weight excluding hydrogens is 324 g/mol. The van der Waals surface area contributed by atoms with Crippen molar-refractivity contribution < 1.29 is 29.3 Å². The van der Waals surface area contributed by atoms with Crippen LogP contribution in [0, 0.1) is 13.8 Å². The Hall–Kier alpha value is -3.02. The number of carbonyl (C=O) groups is 2. The van der Waals surface area contributed by atoms with Crippen molar-refractivity contribution >= 4 is 11.9 Å². The van der Waals surface area contributed by atoms with Crippen molar-refractivity contribution in [1.29, 1.82) is 0 Å². The molecule has 2 rings (SSSR count). The zero-order chi connectivity index (χ0) is 18.7. The van der Waals surface area contributed by atoms with E-state index in [0.29, 0.717) is 17.5 Å². The lowest BCUT2D eigenvalue weighted by Crippen LogP contribution is -2.06. The number of benzene rings is 2. The summed E-state index contributed by atoms with van der Waals surface area (Å²) >= 11 is 0. The van der Waals surface area contributed by atoms with Gasteiger partial charge in [-0.2, -0.15) is 0 Å². The van der Waals surface area contributed by atoms with Crippen molar-refractivity contribution in [3.05, 3.63) is 57.6 Å². The number of aromatic hydroxyl groups is 2. The third kappa shape index (κ3) is 3.74. The largest absolute Gasteiger partial charge is 0.507 e. The van der Waals surface area contributed by atoms with Crippen molar-refractivity contribution in [2.75, 3.05) is 14.2 Å². The van der Waals surface area contributed by atoms with Crippen LogP contribution in [0.15, 0.2) is 24.3 Å². The molecule has 132 valence electrons. The number of ether oxygens (including phenoxy) is 2. The van der Waals surface area contributed by atoms with E-state index in [1.54, 1.807) is 38.1 Å². The molecule has 0 amide bonds. The monoisotopic (exact) mass is 344 g/mol. The van der Waals surface area contributed by atoms with E-state index in [9.17, 15) is 19.8 Å². The van der Waals surface area contributed by atoms with Gasteiger partial charge in [0.15, 0.2) is 0 Å². The van der Waals surface area contributed by atoms with Gasteiger partial charge in [0.25, 0.3) is 0 Å².